The van der Waals surface area contributed by atoms with Crippen LogP contribution in [-0.2, 0) is 6.61 Å². The van der Waals surface area contributed by atoms with Gasteiger partial charge < -0.3 is 24.4 Å². The zero-order valence-corrected chi connectivity index (χ0v) is 15.2. The summed E-state index contributed by atoms with van der Waals surface area (Å²) in [4.78, 5) is 23.9. The van der Waals surface area contributed by atoms with Gasteiger partial charge in [0, 0.05) is 16.1 Å². The van der Waals surface area contributed by atoms with Gasteiger partial charge in [-0.1, -0.05) is 23.2 Å². The summed E-state index contributed by atoms with van der Waals surface area (Å²) in [6.07, 6.45) is 3.02. The minimum absolute atomic E-state index is 0.0571. The van der Waals surface area contributed by atoms with E-state index in [1.807, 2.05) is 0 Å². The zero-order chi connectivity index (χ0) is 19.4. The number of anilines is 1. The van der Waals surface area contributed by atoms with Crippen molar-refractivity contribution in [2.24, 2.45) is 0 Å². The SMILES string of the molecule is O=C(Nc1ccc(OCc2ccoc2)cc1C(=O)[O-])c1ccc(Cl)cc1Cl. The third-order valence-corrected chi connectivity index (χ3v) is 4.17. The number of hydrogen-bond acceptors (Lipinski definition) is 5. The van der Waals surface area contributed by atoms with E-state index >= 15 is 0 Å². The van der Waals surface area contributed by atoms with Gasteiger partial charge in [0.2, 0.25) is 0 Å². The molecule has 0 atom stereocenters. The Bertz CT molecular complexity index is 986. The largest absolute Gasteiger partial charge is 0.545 e. The number of hydrogen-bond donors (Lipinski definition) is 1. The highest BCUT2D eigenvalue weighted by molar-refractivity contribution is 6.37. The number of ether oxygens (including phenoxy) is 1. The maximum Gasteiger partial charge on any atom is 0.257 e. The average Bonchev–Trinajstić information content (AvgIpc) is 3.14. The van der Waals surface area contributed by atoms with Crippen molar-refractivity contribution < 1.29 is 23.8 Å². The van der Waals surface area contributed by atoms with Gasteiger partial charge in [0.15, 0.2) is 0 Å². The van der Waals surface area contributed by atoms with E-state index in [0.29, 0.717) is 10.8 Å². The lowest BCUT2D eigenvalue weighted by atomic mass is 10.1. The molecule has 3 aromatic rings. The van der Waals surface area contributed by atoms with Gasteiger partial charge in [0.1, 0.15) is 12.4 Å². The molecule has 1 heterocycles. The second-order valence-corrected chi connectivity index (χ2v) is 6.34. The van der Waals surface area contributed by atoms with Crippen molar-refractivity contribution in [3.05, 3.63) is 81.7 Å². The van der Waals surface area contributed by atoms with E-state index in [0.717, 1.165) is 5.56 Å². The second-order valence-electron chi connectivity index (χ2n) is 5.49. The van der Waals surface area contributed by atoms with Gasteiger partial charge in [0.25, 0.3) is 5.91 Å². The quantitative estimate of drug-likeness (QED) is 0.674. The molecule has 1 amide bonds. The topological polar surface area (TPSA) is 91.6 Å². The van der Waals surface area contributed by atoms with Gasteiger partial charge >= 0.3 is 0 Å². The number of carboxylic acids is 1. The van der Waals surface area contributed by atoms with Gasteiger partial charge in [-0.15, -0.1) is 0 Å². The van der Waals surface area contributed by atoms with E-state index in [1.165, 1.54) is 48.9 Å². The molecule has 2 aromatic carbocycles. The van der Waals surface area contributed by atoms with Crippen molar-refractivity contribution in [3.8, 4) is 5.75 Å². The molecule has 6 nitrogen and oxygen atoms in total. The molecule has 0 saturated heterocycles. The minimum Gasteiger partial charge on any atom is -0.545 e. The number of rotatable bonds is 6. The number of carbonyl (C=O) groups is 2. The molecular formula is C19H12Cl2NO5-. The molecule has 0 spiro atoms. The third kappa shape index (κ3) is 4.61. The number of carboxylic acid groups (broad SMARTS) is 1. The first kappa shape index (κ1) is 18.8. The van der Waals surface area contributed by atoms with Crippen LogP contribution in [-0.4, -0.2) is 11.9 Å². The fraction of sp³-hybridized carbons (Fsp3) is 0.0526. The first-order valence-corrected chi connectivity index (χ1v) is 8.45. The Balaban J connectivity index is 1.80. The van der Waals surface area contributed by atoms with Gasteiger partial charge in [-0.05, 0) is 42.5 Å². The minimum atomic E-state index is -1.46. The second kappa shape index (κ2) is 8.16. The van der Waals surface area contributed by atoms with Crippen LogP contribution >= 0.6 is 23.2 Å². The predicted octanol–water partition coefficient (Wildman–Crippen LogP) is 3.78. The van der Waals surface area contributed by atoms with Gasteiger partial charge in [-0.3, -0.25) is 4.79 Å². The molecule has 1 aromatic heterocycles. The first-order valence-electron chi connectivity index (χ1n) is 7.69. The van der Waals surface area contributed by atoms with E-state index in [4.69, 9.17) is 32.4 Å². The molecule has 138 valence electrons. The van der Waals surface area contributed by atoms with Crippen LogP contribution in [0.2, 0.25) is 10.0 Å². The normalized spacial score (nSPS) is 10.4. The highest BCUT2D eigenvalue weighted by atomic mass is 35.5. The third-order valence-electron chi connectivity index (χ3n) is 3.62. The Kier molecular flexibility index (Phi) is 5.69. The summed E-state index contributed by atoms with van der Waals surface area (Å²) in [6.45, 7) is 0.203. The van der Waals surface area contributed by atoms with E-state index in [2.05, 4.69) is 5.32 Å². The Hall–Kier alpha value is -2.96. The van der Waals surface area contributed by atoms with Gasteiger partial charge in [0.05, 0.1) is 34.8 Å². The molecule has 0 aliphatic rings. The van der Waals surface area contributed by atoms with Crippen LogP contribution < -0.4 is 15.2 Å². The summed E-state index contributed by atoms with van der Waals surface area (Å²) in [7, 11) is 0. The molecule has 8 heteroatoms. The molecule has 0 fully saturated rings. The Morgan fingerprint density at radius 2 is 1.89 bits per heavy atom. The number of aromatic carboxylic acids is 1. The predicted molar refractivity (Wildman–Crippen MR) is 98.2 cm³/mol. The molecule has 0 radical (unpaired) electrons. The molecule has 0 unspecified atom stereocenters. The molecule has 0 bridgehead atoms. The summed E-state index contributed by atoms with van der Waals surface area (Å²) >= 11 is 11.8. The van der Waals surface area contributed by atoms with Crippen LogP contribution in [0.15, 0.2) is 59.4 Å². The van der Waals surface area contributed by atoms with E-state index in [-0.39, 0.29) is 28.4 Å². The van der Waals surface area contributed by atoms with Crippen molar-refractivity contribution in [1.82, 2.24) is 0 Å². The maximum absolute atomic E-state index is 12.4. The lowest BCUT2D eigenvalue weighted by molar-refractivity contribution is -0.254. The first-order chi connectivity index (χ1) is 12.9. The summed E-state index contributed by atoms with van der Waals surface area (Å²) in [6, 6.07) is 10.3. The number of amides is 1. The van der Waals surface area contributed by atoms with E-state index in [9.17, 15) is 14.7 Å². The summed E-state index contributed by atoms with van der Waals surface area (Å²) < 4.78 is 10.5. The number of carbonyl (C=O) groups excluding carboxylic acids is 2. The molecule has 1 N–H and O–H groups in total. The van der Waals surface area contributed by atoms with Gasteiger partial charge in [-0.2, -0.15) is 0 Å². The number of halogens is 2. The average molecular weight is 405 g/mol. The van der Waals surface area contributed by atoms with Crippen LogP contribution in [0.25, 0.3) is 0 Å². The molecule has 0 aliphatic heterocycles. The van der Waals surface area contributed by atoms with E-state index < -0.39 is 11.9 Å². The van der Waals surface area contributed by atoms with E-state index in [1.54, 1.807) is 6.07 Å². The summed E-state index contributed by atoms with van der Waals surface area (Å²) in [5.41, 5.74) is 0.783. The van der Waals surface area contributed by atoms with Gasteiger partial charge in [-0.25, -0.2) is 0 Å². The molecule has 0 aliphatic carbocycles. The fourth-order valence-corrected chi connectivity index (χ4v) is 2.79. The lowest BCUT2D eigenvalue weighted by Gasteiger charge is -2.14. The van der Waals surface area contributed by atoms with Crippen LogP contribution in [0.5, 0.6) is 5.75 Å². The maximum atomic E-state index is 12.4. The lowest BCUT2D eigenvalue weighted by Crippen LogP contribution is -2.25. The molecular weight excluding hydrogens is 393 g/mol. The Morgan fingerprint density at radius 3 is 2.56 bits per heavy atom. The monoisotopic (exact) mass is 404 g/mol. The summed E-state index contributed by atoms with van der Waals surface area (Å²) in [5.74, 6) is -1.73. The Labute approximate surface area is 164 Å². The smallest absolute Gasteiger partial charge is 0.257 e. The van der Waals surface area contributed by atoms with Crippen molar-refractivity contribution in [1.29, 1.82) is 0 Å². The standard InChI is InChI=1S/C19H13Cl2NO5/c20-12-1-3-14(16(21)7-12)18(23)22-17-4-2-13(8-15(17)19(24)25)27-10-11-5-6-26-9-11/h1-9H,10H2,(H,22,23)(H,24,25)/p-1. The van der Waals surface area contributed by atoms with Crippen molar-refractivity contribution in [3.63, 3.8) is 0 Å². The fourth-order valence-electron chi connectivity index (χ4n) is 2.30. The zero-order valence-electron chi connectivity index (χ0n) is 13.7. The molecule has 0 saturated carbocycles. The summed E-state index contributed by atoms with van der Waals surface area (Å²) in [5, 5.41) is 14.5. The molecule has 3 rings (SSSR count). The Morgan fingerprint density at radius 1 is 1.07 bits per heavy atom. The highest BCUT2D eigenvalue weighted by Gasteiger charge is 2.14. The van der Waals surface area contributed by atoms with Crippen molar-refractivity contribution in [2.75, 3.05) is 5.32 Å². The number of nitrogens with one attached hydrogen (secondary N) is 1. The highest BCUT2D eigenvalue weighted by Crippen LogP contribution is 2.26. The molecule has 27 heavy (non-hydrogen) atoms. The van der Waals surface area contributed by atoms with Crippen molar-refractivity contribution >= 4 is 40.8 Å². The van der Waals surface area contributed by atoms with Crippen molar-refractivity contribution in [2.45, 2.75) is 6.61 Å². The number of benzene rings is 2. The van der Waals surface area contributed by atoms with Crippen LogP contribution in [0.1, 0.15) is 26.3 Å². The van der Waals surface area contributed by atoms with Crippen LogP contribution in [0.3, 0.4) is 0 Å². The van der Waals surface area contributed by atoms with Crippen LogP contribution in [0, 0.1) is 0 Å². The van der Waals surface area contributed by atoms with Crippen LogP contribution in [0.4, 0.5) is 5.69 Å². The number of furan rings is 1.